The zero-order valence-electron chi connectivity index (χ0n) is 14.9. The molecule has 0 aliphatic heterocycles. The molecule has 138 valence electrons. The van der Waals surface area contributed by atoms with Crippen molar-refractivity contribution < 1.29 is 14.6 Å². The Morgan fingerprint density at radius 3 is 2.77 bits per heavy atom. The van der Waals surface area contributed by atoms with Gasteiger partial charge in [-0.05, 0) is 60.9 Å². The van der Waals surface area contributed by atoms with Crippen LogP contribution in [0.2, 0.25) is 5.02 Å². The normalized spacial score (nSPS) is 12.0. The molecule has 0 aromatic heterocycles. The van der Waals surface area contributed by atoms with E-state index >= 15 is 0 Å². The number of hydrogen-bond acceptors (Lipinski definition) is 5. The van der Waals surface area contributed by atoms with E-state index in [0.29, 0.717) is 22.8 Å². The van der Waals surface area contributed by atoms with E-state index in [-0.39, 0.29) is 11.7 Å². The van der Waals surface area contributed by atoms with Crippen LogP contribution in [-0.4, -0.2) is 30.4 Å². The number of ether oxygens (including phenoxy) is 1. The molecule has 0 radical (unpaired) electrons. The highest BCUT2D eigenvalue weighted by Gasteiger charge is 2.16. The van der Waals surface area contributed by atoms with Crippen LogP contribution in [0.4, 0.5) is 5.69 Å². The van der Waals surface area contributed by atoms with Crippen molar-refractivity contribution in [2.75, 3.05) is 12.4 Å². The number of nitrogens with one attached hydrogen (secondary N) is 2. The Kier molecular flexibility index (Phi) is 6.86. The lowest BCUT2D eigenvalue weighted by atomic mass is 10.1. The second kappa shape index (κ2) is 9.10. The Bertz CT molecular complexity index is 809. The molecule has 1 atom stereocenters. The van der Waals surface area contributed by atoms with Crippen LogP contribution in [0.15, 0.2) is 41.5 Å². The van der Waals surface area contributed by atoms with Gasteiger partial charge in [-0.3, -0.25) is 4.79 Å². The van der Waals surface area contributed by atoms with Crippen molar-refractivity contribution in [2.45, 2.75) is 26.3 Å². The third-order valence-corrected chi connectivity index (χ3v) is 4.07. The number of hydrazone groups is 1. The first-order chi connectivity index (χ1) is 12.4. The highest BCUT2D eigenvalue weighted by molar-refractivity contribution is 6.30. The van der Waals surface area contributed by atoms with Crippen molar-refractivity contribution in [2.24, 2.45) is 5.10 Å². The first-order valence-electron chi connectivity index (χ1n) is 8.17. The van der Waals surface area contributed by atoms with E-state index in [1.54, 1.807) is 18.2 Å². The number of rotatable bonds is 7. The maximum absolute atomic E-state index is 12.3. The zero-order chi connectivity index (χ0) is 19.1. The van der Waals surface area contributed by atoms with Gasteiger partial charge in [0.15, 0.2) is 11.5 Å². The van der Waals surface area contributed by atoms with Gasteiger partial charge in [0.25, 0.3) is 5.91 Å². The monoisotopic (exact) mass is 375 g/mol. The number of amides is 1. The van der Waals surface area contributed by atoms with E-state index in [2.05, 4.69) is 15.8 Å². The molecule has 0 aliphatic rings. The smallest absolute Gasteiger partial charge is 0.262 e. The minimum absolute atomic E-state index is 0.0438. The van der Waals surface area contributed by atoms with Crippen LogP contribution in [-0.2, 0) is 4.79 Å². The average Bonchev–Trinajstić information content (AvgIpc) is 2.62. The van der Waals surface area contributed by atoms with Crippen molar-refractivity contribution in [1.29, 1.82) is 0 Å². The fraction of sp³-hybridized carbons (Fsp3) is 0.263. The summed E-state index contributed by atoms with van der Waals surface area (Å²) in [7, 11) is 1.47. The van der Waals surface area contributed by atoms with E-state index < -0.39 is 6.04 Å². The number of phenolic OH excluding ortho intramolecular Hbond substituents is 1. The molecule has 2 rings (SSSR count). The van der Waals surface area contributed by atoms with Crippen molar-refractivity contribution in [3.8, 4) is 11.5 Å². The van der Waals surface area contributed by atoms with Crippen LogP contribution in [0.3, 0.4) is 0 Å². The minimum Gasteiger partial charge on any atom is -0.504 e. The van der Waals surface area contributed by atoms with Crippen LogP contribution in [0, 0.1) is 6.92 Å². The molecule has 7 heteroatoms. The molecular formula is C19H22ClN3O3. The number of nitrogens with zero attached hydrogens (tertiary/aromatic N) is 1. The van der Waals surface area contributed by atoms with Crippen molar-refractivity contribution in [1.82, 2.24) is 5.43 Å². The molecule has 3 N–H and O–H groups in total. The van der Waals surface area contributed by atoms with Crippen LogP contribution >= 0.6 is 11.6 Å². The fourth-order valence-electron chi connectivity index (χ4n) is 2.35. The summed E-state index contributed by atoms with van der Waals surface area (Å²) in [6.07, 6.45) is 2.08. The number of phenols is 1. The Morgan fingerprint density at radius 2 is 2.12 bits per heavy atom. The zero-order valence-corrected chi connectivity index (χ0v) is 15.7. The summed E-state index contributed by atoms with van der Waals surface area (Å²) in [5, 5.41) is 17.4. The summed E-state index contributed by atoms with van der Waals surface area (Å²) in [6.45, 7) is 3.84. The molecule has 0 aliphatic carbocycles. The summed E-state index contributed by atoms with van der Waals surface area (Å²) < 4.78 is 5.04. The summed E-state index contributed by atoms with van der Waals surface area (Å²) in [5.41, 5.74) is 5.03. The van der Waals surface area contributed by atoms with Gasteiger partial charge in [0.2, 0.25) is 0 Å². The molecule has 0 saturated carbocycles. The molecule has 6 nitrogen and oxygen atoms in total. The Labute approximate surface area is 157 Å². The highest BCUT2D eigenvalue weighted by Crippen LogP contribution is 2.25. The number of methoxy groups -OCH3 is 1. The van der Waals surface area contributed by atoms with Gasteiger partial charge in [-0.15, -0.1) is 0 Å². The first-order valence-corrected chi connectivity index (χ1v) is 8.55. The van der Waals surface area contributed by atoms with Gasteiger partial charge < -0.3 is 15.2 Å². The van der Waals surface area contributed by atoms with Gasteiger partial charge in [-0.25, -0.2) is 5.43 Å². The largest absolute Gasteiger partial charge is 0.504 e. The molecule has 1 amide bonds. The molecule has 2 aromatic carbocycles. The minimum atomic E-state index is -0.429. The molecule has 0 bridgehead atoms. The standard InChI is InChI=1S/C19H22ClN3O3/c1-4-15(22-16-7-6-14(20)9-12(16)2)19(25)23-21-11-13-5-8-17(24)18(10-13)26-3/h5-11,15,22,24H,4H2,1-3H3,(H,23,25)/b21-11+. The number of aromatic hydroxyl groups is 1. The van der Waals surface area contributed by atoms with Crippen LogP contribution in [0.1, 0.15) is 24.5 Å². The van der Waals surface area contributed by atoms with Crippen molar-refractivity contribution in [3.05, 3.63) is 52.5 Å². The molecule has 0 heterocycles. The number of halogens is 1. The second-order valence-corrected chi connectivity index (χ2v) is 6.17. The molecule has 0 spiro atoms. The summed E-state index contributed by atoms with van der Waals surface area (Å²) in [6, 6.07) is 9.82. The van der Waals surface area contributed by atoms with E-state index in [1.165, 1.54) is 19.4 Å². The van der Waals surface area contributed by atoms with Crippen molar-refractivity contribution in [3.63, 3.8) is 0 Å². The molecule has 26 heavy (non-hydrogen) atoms. The summed E-state index contributed by atoms with van der Waals surface area (Å²) in [4.78, 5) is 12.3. The van der Waals surface area contributed by atoms with Gasteiger partial charge >= 0.3 is 0 Å². The van der Waals surface area contributed by atoms with Crippen LogP contribution in [0.25, 0.3) is 0 Å². The van der Waals surface area contributed by atoms with E-state index in [0.717, 1.165) is 11.3 Å². The number of hydrogen-bond donors (Lipinski definition) is 3. The Balaban J connectivity index is 2.00. The lowest BCUT2D eigenvalue weighted by Gasteiger charge is -2.18. The molecule has 1 unspecified atom stereocenters. The second-order valence-electron chi connectivity index (χ2n) is 5.73. The average molecular weight is 376 g/mol. The summed E-state index contributed by atoms with van der Waals surface area (Å²) >= 11 is 5.96. The third-order valence-electron chi connectivity index (χ3n) is 3.84. The predicted octanol–water partition coefficient (Wildman–Crippen LogP) is 3.70. The molecule has 0 saturated heterocycles. The SMILES string of the molecule is CCC(Nc1ccc(Cl)cc1C)C(=O)N/N=C/c1ccc(O)c(OC)c1. The number of carbonyl (C=O) groups excluding carboxylic acids is 1. The van der Waals surface area contributed by atoms with Gasteiger partial charge in [-0.2, -0.15) is 5.10 Å². The Hall–Kier alpha value is -2.73. The topological polar surface area (TPSA) is 83.0 Å². The fourth-order valence-corrected chi connectivity index (χ4v) is 2.58. The number of benzene rings is 2. The van der Waals surface area contributed by atoms with E-state index in [4.69, 9.17) is 16.3 Å². The van der Waals surface area contributed by atoms with Gasteiger partial charge in [0.05, 0.1) is 13.3 Å². The van der Waals surface area contributed by atoms with Gasteiger partial charge in [0, 0.05) is 10.7 Å². The quantitative estimate of drug-likeness (QED) is 0.509. The summed E-state index contributed by atoms with van der Waals surface area (Å²) in [5.74, 6) is 0.137. The van der Waals surface area contributed by atoms with Gasteiger partial charge in [-0.1, -0.05) is 18.5 Å². The third kappa shape index (κ3) is 5.13. The first kappa shape index (κ1) is 19.6. The Morgan fingerprint density at radius 1 is 1.35 bits per heavy atom. The van der Waals surface area contributed by atoms with Crippen LogP contribution < -0.4 is 15.5 Å². The lowest BCUT2D eigenvalue weighted by molar-refractivity contribution is -0.121. The van der Waals surface area contributed by atoms with Gasteiger partial charge in [0.1, 0.15) is 6.04 Å². The predicted molar refractivity (Wildman–Crippen MR) is 104 cm³/mol. The van der Waals surface area contributed by atoms with Crippen LogP contribution in [0.5, 0.6) is 11.5 Å². The molecule has 2 aromatic rings. The van der Waals surface area contributed by atoms with Crippen molar-refractivity contribution >= 4 is 29.4 Å². The highest BCUT2D eigenvalue weighted by atomic mass is 35.5. The lowest BCUT2D eigenvalue weighted by Crippen LogP contribution is -2.37. The molecular weight excluding hydrogens is 354 g/mol. The number of aryl methyl sites for hydroxylation is 1. The maximum atomic E-state index is 12.3. The molecule has 0 fully saturated rings. The number of carbonyl (C=O) groups is 1. The number of anilines is 1. The maximum Gasteiger partial charge on any atom is 0.262 e. The van der Waals surface area contributed by atoms with E-state index in [9.17, 15) is 9.90 Å². The van der Waals surface area contributed by atoms with E-state index in [1.807, 2.05) is 26.0 Å².